The van der Waals surface area contributed by atoms with Gasteiger partial charge >= 0.3 is 6.03 Å². The summed E-state index contributed by atoms with van der Waals surface area (Å²) < 4.78 is 4.64. The average Bonchev–Trinajstić information content (AvgIpc) is 2.58. The third-order valence-electron chi connectivity index (χ3n) is 2.58. The van der Waals surface area contributed by atoms with Crippen molar-refractivity contribution in [2.24, 2.45) is 0 Å². The Morgan fingerprint density at radius 1 is 1.33 bits per heavy atom. The minimum Gasteiger partial charge on any atom is -0.363 e. The van der Waals surface area contributed by atoms with Crippen LogP contribution in [0.25, 0.3) is 0 Å². The molecule has 5 nitrogen and oxygen atoms in total. The molecule has 1 N–H and O–H groups in total. The number of aromatic nitrogens is 1. The molecule has 5 heteroatoms. The quantitative estimate of drug-likeness (QED) is 0.770. The lowest BCUT2D eigenvalue weighted by atomic mass is 10.2. The number of anilines is 1. The Morgan fingerprint density at radius 2 is 2.07 bits per heavy atom. The van der Waals surface area contributed by atoms with E-state index < -0.39 is 0 Å². The van der Waals surface area contributed by atoms with Gasteiger partial charge in [0, 0.05) is 13.1 Å². The third-order valence-corrected chi connectivity index (χ3v) is 2.58. The van der Waals surface area contributed by atoms with Gasteiger partial charge in [0.2, 0.25) is 0 Å². The highest BCUT2D eigenvalue weighted by Crippen LogP contribution is 2.12. The normalized spacial score (nSPS) is 17.2. The largest absolute Gasteiger partial charge is 0.363 e. The molecule has 0 unspecified atom stereocenters. The van der Waals surface area contributed by atoms with Crippen molar-refractivity contribution in [3.63, 3.8) is 0 Å². The van der Waals surface area contributed by atoms with Crippen molar-refractivity contribution in [3.05, 3.63) is 12.5 Å². The molecule has 1 aliphatic rings. The molecule has 1 aliphatic heterocycles. The van der Waals surface area contributed by atoms with Crippen molar-refractivity contribution in [2.75, 3.05) is 18.4 Å². The molecular weight excluding hydrogens is 194 g/mol. The van der Waals surface area contributed by atoms with Crippen molar-refractivity contribution in [1.82, 2.24) is 10.1 Å². The second-order valence-electron chi connectivity index (χ2n) is 3.74. The molecule has 2 rings (SSSR count). The SMILES string of the molecule is O=C(Nc1cnoc1)N1CCCCCC1. The fraction of sp³-hybridized carbons (Fsp3) is 0.600. The van der Waals surface area contributed by atoms with Crippen LogP contribution >= 0.6 is 0 Å². The first-order chi connectivity index (χ1) is 7.36. The number of likely N-dealkylation sites (tertiary alicyclic amines) is 1. The summed E-state index contributed by atoms with van der Waals surface area (Å²) in [4.78, 5) is 13.6. The van der Waals surface area contributed by atoms with E-state index in [9.17, 15) is 4.79 Å². The van der Waals surface area contributed by atoms with Crippen LogP contribution in [0.3, 0.4) is 0 Å². The zero-order chi connectivity index (χ0) is 10.5. The molecule has 1 aromatic heterocycles. The molecule has 2 amide bonds. The second-order valence-corrected chi connectivity index (χ2v) is 3.74. The van der Waals surface area contributed by atoms with Gasteiger partial charge in [-0.2, -0.15) is 0 Å². The number of nitrogens with zero attached hydrogens (tertiary/aromatic N) is 2. The molecule has 0 spiro atoms. The molecule has 0 aliphatic carbocycles. The fourth-order valence-corrected chi connectivity index (χ4v) is 1.74. The van der Waals surface area contributed by atoms with Crippen LogP contribution in [0.5, 0.6) is 0 Å². The van der Waals surface area contributed by atoms with E-state index in [1.54, 1.807) is 0 Å². The van der Waals surface area contributed by atoms with Gasteiger partial charge in [0.25, 0.3) is 0 Å². The summed E-state index contributed by atoms with van der Waals surface area (Å²) in [6.07, 6.45) is 7.55. The lowest BCUT2D eigenvalue weighted by Gasteiger charge is -2.19. The van der Waals surface area contributed by atoms with Gasteiger partial charge in [-0.1, -0.05) is 18.0 Å². The van der Waals surface area contributed by atoms with Crippen LogP contribution in [-0.2, 0) is 0 Å². The zero-order valence-electron chi connectivity index (χ0n) is 8.61. The van der Waals surface area contributed by atoms with Crippen LogP contribution in [0.1, 0.15) is 25.7 Å². The number of urea groups is 1. The van der Waals surface area contributed by atoms with Crippen LogP contribution in [0.2, 0.25) is 0 Å². The summed E-state index contributed by atoms with van der Waals surface area (Å²) in [7, 11) is 0. The first kappa shape index (κ1) is 10.0. The summed E-state index contributed by atoms with van der Waals surface area (Å²) in [5, 5.41) is 6.28. The average molecular weight is 209 g/mol. The molecule has 1 fully saturated rings. The van der Waals surface area contributed by atoms with Gasteiger partial charge in [0.15, 0.2) is 0 Å². The van der Waals surface area contributed by atoms with Crippen LogP contribution in [0.4, 0.5) is 10.5 Å². The van der Waals surface area contributed by atoms with E-state index in [-0.39, 0.29) is 6.03 Å². The highest BCUT2D eigenvalue weighted by Gasteiger charge is 2.15. The summed E-state index contributed by atoms with van der Waals surface area (Å²) >= 11 is 0. The molecule has 1 aromatic rings. The molecule has 0 aromatic carbocycles. The van der Waals surface area contributed by atoms with Gasteiger partial charge < -0.3 is 14.7 Å². The maximum absolute atomic E-state index is 11.8. The lowest BCUT2D eigenvalue weighted by Crippen LogP contribution is -2.35. The number of rotatable bonds is 1. The zero-order valence-corrected chi connectivity index (χ0v) is 8.61. The van der Waals surface area contributed by atoms with E-state index in [0.717, 1.165) is 25.9 Å². The molecule has 15 heavy (non-hydrogen) atoms. The summed E-state index contributed by atoms with van der Waals surface area (Å²) in [5.41, 5.74) is 0.615. The van der Waals surface area contributed by atoms with Gasteiger partial charge in [-0.15, -0.1) is 0 Å². The number of amides is 2. The van der Waals surface area contributed by atoms with E-state index in [4.69, 9.17) is 0 Å². The van der Waals surface area contributed by atoms with E-state index >= 15 is 0 Å². The topological polar surface area (TPSA) is 58.4 Å². The maximum Gasteiger partial charge on any atom is 0.321 e. The van der Waals surface area contributed by atoms with Gasteiger partial charge in [0.1, 0.15) is 12.0 Å². The fourth-order valence-electron chi connectivity index (χ4n) is 1.74. The molecule has 0 bridgehead atoms. The number of carbonyl (C=O) groups is 1. The van der Waals surface area contributed by atoms with E-state index in [0.29, 0.717) is 5.69 Å². The molecule has 82 valence electrons. The Kier molecular flexibility index (Phi) is 3.22. The Hall–Kier alpha value is -1.52. The van der Waals surface area contributed by atoms with Crippen LogP contribution < -0.4 is 5.32 Å². The Bertz CT molecular complexity index is 302. The molecule has 2 heterocycles. The van der Waals surface area contributed by atoms with Crippen molar-refractivity contribution in [3.8, 4) is 0 Å². The first-order valence-electron chi connectivity index (χ1n) is 5.31. The third kappa shape index (κ3) is 2.71. The minimum atomic E-state index is -0.0555. The molecule has 1 saturated heterocycles. The number of carbonyl (C=O) groups excluding carboxylic acids is 1. The molecular formula is C10H15N3O2. The minimum absolute atomic E-state index is 0.0555. The molecule has 0 radical (unpaired) electrons. The summed E-state index contributed by atoms with van der Waals surface area (Å²) in [6, 6.07) is -0.0555. The van der Waals surface area contributed by atoms with Crippen molar-refractivity contribution in [1.29, 1.82) is 0 Å². The Morgan fingerprint density at radius 3 is 2.67 bits per heavy atom. The predicted molar refractivity (Wildman–Crippen MR) is 55.6 cm³/mol. The van der Waals surface area contributed by atoms with E-state index in [1.165, 1.54) is 25.3 Å². The van der Waals surface area contributed by atoms with Crippen LogP contribution in [-0.4, -0.2) is 29.2 Å². The second kappa shape index (κ2) is 4.82. The standard InChI is InChI=1S/C10H15N3O2/c14-10(12-9-7-11-15-8-9)13-5-3-1-2-4-6-13/h7-8H,1-6H2,(H,12,14). The Balaban J connectivity index is 1.89. The lowest BCUT2D eigenvalue weighted by molar-refractivity contribution is 0.213. The van der Waals surface area contributed by atoms with Gasteiger partial charge in [-0.3, -0.25) is 0 Å². The number of hydrogen-bond donors (Lipinski definition) is 1. The van der Waals surface area contributed by atoms with Gasteiger partial charge in [-0.05, 0) is 12.8 Å². The first-order valence-corrected chi connectivity index (χ1v) is 5.31. The smallest absolute Gasteiger partial charge is 0.321 e. The van der Waals surface area contributed by atoms with E-state index in [2.05, 4.69) is 15.0 Å². The van der Waals surface area contributed by atoms with Crippen LogP contribution in [0.15, 0.2) is 17.0 Å². The summed E-state index contributed by atoms with van der Waals surface area (Å²) in [6.45, 7) is 1.69. The van der Waals surface area contributed by atoms with E-state index in [1.807, 2.05) is 4.90 Å². The van der Waals surface area contributed by atoms with Crippen molar-refractivity contribution < 1.29 is 9.32 Å². The van der Waals surface area contributed by atoms with Gasteiger partial charge in [-0.25, -0.2) is 4.79 Å². The van der Waals surface area contributed by atoms with Crippen LogP contribution in [0, 0.1) is 0 Å². The number of hydrogen-bond acceptors (Lipinski definition) is 3. The number of nitrogens with one attached hydrogen (secondary N) is 1. The van der Waals surface area contributed by atoms with Gasteiger partial charge in [0.05, 0.1) is 6.20 Å². The van der Waals surface area contributed by atoms with Crippen molar-refractivity contribution in [2.45, 2.75) is 25.7 Å². The monoisotopic (exact) mass is 209 g/mol. The highest BCUT2D eigenvalue weighted by atomic mass is 16.5. The molecule has 0 atom stereocenters. The van der Waals surface area contributed by atoms with Crippen molar-refractivity contribution >= 4 is 11.7 Å². The highest BCUT2D eigenvalue weighted by molar-refractivity contribution is 5.88. The predicted octanol–water partition coefficient (Wildman–Crippen LogP) is 2.08. The summed E-state index contributed by atoms with van der Waals surface area (Å²) in [5.74, 6) is 0. The Labute approximate surface area is 88.4 Å². The molecule has 0 saturated carbocycles. The maximum atomic E-state index is 11.8.